The van der Waals surface area contributed by atoms with Crippen molar-refractivity contribution in [1.82, 2.24) is 9.97 Å². The number of fused-ring (bicyclic) bond motifs is 1. The van der Waals surface area contributed by atoms with E-state index in [2.05, 4.69) is 53.4 Å². The highest BCUT2D eigenvalue weighted by Gasteiger charge is 2.13. The Balaban J connectivity index is 1.87. The molecule has 0 unspecified atom stereocenters. The van der Waals surface area contributed by atoms with Gasteiger partial charge in [-0.15, -0.1) is 11.3 Å². The topological polar surface area (TPSA) is 63.8 Å². The van der Waals surface area contributed by atoms with Gasteiger partial charge in [-0.2, -0.15) is 0 Å². The minimum Gasteiger partial charge on any atom is -0.365 e. The summed E-state index contributed by atoms with van der Waals surface area (Å²) < 4.78 is 0. The first-order chi connectivity index (χ1) is 10.7. The second kappa shape index (κ2) is 6.42. The van der Waals surface area contributed by atoms with Gasteiger partial charge in [0, 0.05) is 18.0 Å². The molecule has 0 aliphatic heterocycles. The van der Waals surface area contributed by atoms with E-state index in [4.69, 9.17) is 5.73 Å². The monoisotopic (exact) mass is 312 g/mol. The van der Waals surface area contributed by atoms with Gasteiger partial charge in [-0.05, 0) is 30.0 Å². The van der Waals surface area contributed by atoms with E-state index in [0.717, 1.165) is 29.2 Å². The van der Waals surface area contributed by atoms with Crippen LogP contribution in [0.2, 0.25) is 0 Å². The van der Waals surface area contributed by atoms with Crippen LogP contribution in [0, 0.1) is 6.92 Å². The number of nitrogens with one attached hydrogen (secondary N) is 1. The highest BCUT2D eigenvalue weighted by atomic mass is 32.1. The van der Waals surface area contributed by atoms with Gasteiger partial charge in [-0.1, -0.05) is 31.2 Å². The molecule has 0 saturated heterocycles. The highest BCUT2D eigenvalue weighted by Crippen LogP contribution is 2.33. The summed E-state index contributed by atoms with van der Waals surface area (Å²) in [5.74, 6) is 0.925. The molecule has 2 aromatic heterocycles. The molecule has 0 atom stereocenters. The Bertz CT molecular complexity index is 777. The second-order valence-corrected chi connectivity index (χ2v) is 6.47. The largest absolute Gasteiger partial charge is 0.365 e. The zero-order chi connectivity index (χ0) is 15.5. The van der Waals surface area contributed by atoms with Crippen molar-refractivity contribution >= 4 is 27.4 Å². The van der Waals surface area contributed by atoms with Crippen molar-refractivity contribution < 1.29 is 0 Å². The average Bonchev–Trinajstić information content (AvgIpc) is 2.89. The van der Waals surface area contributed by atoms with E-state index in [0.29, 0.717) is 6.54 Å². The Hall–Kier alpha value is -1.98. The summed E-state index contributed by atoms with van der Waals surface area (Å²) in [7, 11) is 0. The maximum absolute atomic E-state index is 5.63. The van der Waals surface area contributed by atoms with E-state index in [9.17, 15) is 0 Å². The molecule has 0 bridgehead atoms. The highest BCUT2D eigenvalue weighted by molar-refractivity contribution is 7.18. The van der Waals surface area contributed by atoms with Crippen LogP contribution in [0.15, 0.2) is 30.6 Å². The van der Waals surface area contributed by atoms with Crippen LogP contribution < -0.4 is 11.1 Å². The molecule has 22 heavy (non-hydrogen) atoms. The summed E-state index contributed by atoms with van der Waals surface area (Å²) in [5, 5.41) is 4.63. The molecule has 5 heteroatoms. The van der Waals surface area contributed by atoms with Crippen molar-refractivity contribution in [2.24, 2.45) is 5.73 Å². The van der Waals surface area contributed by atoms with Gasteiger partial charge >= 0.3 is 0 Å². The fraction of sp³-hybridized carbons (Fsp3) is 0.294. The molecule has 0 spiro atoms. The predicted octanol–water partition coefficient (Wildman–Crippen LogP) is 3.63. The Morgan fingerprint density at radius 1 is 1.14 bits per heavy atom. The van der Waals surface area contributed by atoms with Gasteiger partial charge in [-0.3, -0.25) is 0 Å². The predicted molar refractivity (Wildman–Crippen MR) is 93.2 cm³/mol. The molecule has 4 nitrogen and oxygen atoms in total. The van der Waals surface area contributed by atoms with Crippen LogP contribution in [0.5, 0.6) is 0 Å². The van der Waals surface area contributed by atoms with Crippen molar-refractivity contribution in [1.29, 1.82) is 0 Å². The normalized spacial score (nSPS) is 11.0. The van der Waals surface area contributed by atoms with Crippen LogP contribution in [0.25, 0.3) is 10.2 Å². The average molecular weight is 312 g/mol. The minimum atomic E-state index is 0.578. The standard InChI is InChI=1S/C17H20N4S/c1-3-14-11(2)22-17-15(14)16(20-10-21-17)19-9-13-6-4-12(8-18)5-7-13/h4-7,10H,3,8-9,18H2,1-2H3,(H,19,20,21). The molecule has 0 saturated carbocycles. The minimum absolute atomic E-state index is 0.578. The van der Waals surface area contributed by atoms with Crippen LogP contribution in [0.4, 0.5) is 5.82 Å². The van der Waals surface area contributed by atoms with Gasteiger partial charge in [0.1, 0.15) is 17.0 Å². The molecule has 0 aliphatic carbocycles. The number of thiophene rings is 1. The lowest BCUT2D eigenvalue weighted by Crippen LogP contribution is -2.03. The van der Waals surface area contributed by atoms with Crippen molar-refractivity contribution in [2.75, 3.05) is 5.32 Å². The second-order valence-electron chi connectivity index (χ2n) is 5.27. The van der Waals surface area contributed by atoms with Crippen LogP contribution in [-0.2, 0) is 19.5 Å². The quantitative estimate of drug-likeness (QED) is 0.755. The smallest absolute Gasteiger partial charge is 0.138 e. The number of hydrogen-bond donors (Lipinski definition) is 2. The molecule has 0 radical (unpaired) electrons. The van der Waals surface area contributed by atoms with Crippen molar-refractivity contribution in [3.8, 4) is 0 Å². The molecule has 1 aromatic carbocycles. The summed E-state index contributed by atoms with van der Waals surface area (Å²) >= 11 is 1.74. The number of nitrogens with two attached hydrogens (primary N) is 1. The van der Waals surface area contributed by atoms with Gasteiger partial charge in [0.25, 0.3) is 0 Å². The van der Waals surface area contributed by atoms with Crippen molar-refractivity contribution in [3.63, 3.8) is 0 Å². The molecule has 0 fully saturated rings. The Morgan fingerprint density at radius 3 is 2.55 bits per heavy atom. The third kappa shape index (κ3) is 2.82. The summed E-state index contributed by atoms with van der Waals surface area (Å²) in [6.45, 7) is 5.65. The molecular weight excluding hydrogens is 292 g/mol. The van der Waals surface area contributed by atoms with Crippen LogP contribution in [-0.4, -0.2) is 9.97 Å². The molecule has 114 valence electrons. The zero-order valence-electron chi connectivity index (χ0n) is 12.9. The van der Waals surface area contributed by atoms with Gasteiger partial charge in [0.15, 0.2) is 0 Å². The Kier molecular flexibility index (Phi) is 4.36. The first kappa shape index (κ1) is 14.9. The van der Waals surface area contributed by atoms with Crippen LogP contribution in [0.1, 0.15) is 28.5 Å². The van der Waals surface area contributed by atoms with Gasteiger partial charge in [0.05, 0.1) is 5.39 Å². The first-order valence-corrected chi connectivity index (χ1v) is 8.29. The van der Waals surface area contributed by atoms with Gasteiger partial charge < -0.3 is 11.1 Å². The van der Waals surface area contributed by atoms with E-state index in [1.54, 1.807) is 17.7 Å². The maximum Gasteiger partial charge on any atom is 0.138 e. The Morgan fingerprint density at radius 2 is 1.86 bits per heavy atom. The number of aromatic nitrogens is 2. The van der Waals surface area contributed by atoms with E-state index in [-0.39, 0.29) is 0 Å². The molecule has 0 amide bonds. The maximum atomic E-state index is 5.63. The van der Waals surface area contributed by atoms with Crippen molar-refractivity contribution in [3.05, 3.63) is 52.2 Å². The van der Waals surface area contributed by atoms with Crippen LogP contribution in [0.3, 0.4) is 0 Å². The molecule has 3 rings (SSSR count). The first-order valence-electron chi connectivity index (χ1n) is 7.47. The third-order valence-electron chi connectivity index (χ3n) is 3.86. The zero-order valence-corrected chi connectivity index (χ0v) is 13.7. The number of anilines is 1. The summed E-state index contributed by atoms with van der Waals surface area (Å²) in [6.07, 6.45) is 2.64. The molecule has 3 aromatic rings. The molecule has 0 aliphatic rings. The van der Waals surface area contributed by atoms with Crippen molar-refractivity contribution in [2.45, 2.75) is 33.4 Å². The fourth-order valence-electron chi connectivity index (χ4n) is 2.64. The summed E-state index contributed by atoms with van der Waals surface area (Å²) in [5.41, 5.74) is 9.34. The number of hydrogen-bond acceptors (Lipinski definition) is 5. The lowest BCUT2D eigenvalue weighted by atomic mass is 10.1. The van der Waals surface area contributed by atoms with Gasteiger partial charge in [-0.25, -0.2) is 9.97 Å². The summed E-state index contributed by atoms with van der Waals surface area (Å²) in [4.78, 5) is 11.2. The molecular formula is C17H20N4S. The lowest BCUT2D eigenvalue weighted by Gasteiger charge is -2.08. The lowest BCUT2D eigenvalue weighted by molar-refractivity contribution is 1.05. The Labute approximate surface area is 134 Å². The van der Waals surface area contributed by atoms with E-state index < -0.39 is 0 Å². The van der Waals surface area contributed by atoms with E-state index in [1.165, 1.54) is 21.4 Å². The SMILES string of the molecule is CCc1c(C)sc2ncnc(NCc3ccc(CN)cc3)c12. The number of aryl methyl sites for hydroxylation is 2. The van der Waals surface area contributed by atoms with Gasteiger partial charge in [0.2, 0.25) is 0 Å². The number of rotatable bonds is 5. The van der Waals surface area contributed by atoms with E-state index in [1.807, 2.05) is 0 Å². The molecule has 3 N–H and O–H groups in total. The summed E-state index contributed by atoms with van der Waals surface area (Å²) in [6, 6.07) is 8.35. The number of benzene rings is 1. The molecule has 2 heterocycles. The fourth-order valence-corrected chi connectivity index (χ4v) is 3.72. The number of nitrogens with zero attached hydrogens (tertiary/aromatic N) is 2. The third-order valence-corrected chi connectivity index (χ3v) is 4.92. The van der Waals surface area contributed by atoms with E-state index >= 15 is 0 Å². The van der Waals surface area contributed by atoms with Crippen LogP contribution >= 0.6 is 11.3 Å².